The van der Waals surface area contributed by atoms with Crippen molar-refractivity contribution in [2.45, 2.75) is 34.3 Å². The monoisotopic (exact) mass is 537 g/mol. The first-order valence-electron chi connectivity index (χ1n) is 10.4. The van der Waals surface area contributed by atoms with E-state index in [0.29, 0.717) is 45.3 Å². The second-order valence-electron chi connectivity index (χ2n) is 8.22. The number of carbonyl (C=O) groups is 1. The number of halogens is 2. The van der Waals surface area contributed by atoms with Crippen LogP contribution in [0.4, 0.5) is 5.69 Å². The summed E-state index contributed by atoms with van der Waals surface area (Å²) >= 11 is 12.9. The highest BCUT2D eigenvalue weighted by atomic mass is 35.5. The second-order valence-corrected chi connectivity index (χ2v) is 13.3. The van der Waals surface area contributed by atoms with Crippen molar-refractivity contribution in [2.75, 3.05) is 11.6 Å². The van der Waals surface area contributed by atoms with Gasteiger partial charge >= 0.3 is 0 Å². The second kappa shape index (κ2) is 9.34. The van der Waals surface area contributed by atoms with Crippen molar-refractivity contribution in [3.8, 4) is 11.1 Å². The summed E-state index contributed by atoms with van der Waals surface area (Å²) < 4.78 is 47.9. The Morgan fingerprint density at radius 2 is 1.41 bits per heavy atom. The van der Waals surface area contributed by atoms with Gasteiger partial charge in [0.15, 0.2) is 19.7 Å². The minimum absolute atomic E-state index is 0.0396. The summed E-state index contributed by atoms with van der Waals surface area (Å²) in [5.41, 5.74) is 2.26. The van der Waals surface area contributed by atoms with Crippen LogP contribution in [0.1, 0.15) is 18.4 Å². The number of rotatable bonds is 7. The van der Waals surface area contributed by atoms with E-state index in [1.54, 1.807) is 48.5 Å². The average molecular weight is 538 g/mol. The summed E-state index contributed by atoms with van der Waals surface area (Å²) in [5.74, 6) is -0.318. The Kier molecular flexibility index (Phi) is 6.79. The molecule has 0 saturated heterocycles. The Bertz CT molecular complexity index is 1440. The van der Waals surface area contributed by atoms with Gasteiger partial charge in [-0.2, -0.15) is 0 Å². The lowest BCUT2D eigenvalue weighted by molar-refractivity contribution is -0.115. The van der Waals surface area contributed by atoms with Crippen LogP contribution in [-0.2, 0) is 30.9 Å². The molecule has 0 radical (unpaired) electrons. The average Bonchev–Trinajstić information content (AvgIpc) is 3.59. The van der Waals surface area contributed by atoms with Crippen LogP contribution in [0.3, 0.4) is 0 Å². The molecule has 3 aromatic carbocycles. The van der Waals surface area contributed by atoms with Crippen molar-refractivity contribution in [2.24, 2.45) is 0 Å². The fourth-order valence-corrected chi connectivity index (χ4v) is 6.54. The van der Waals surface area contributed by atoms with Crippen molar-refractivity contribution in [3.05, 3.63) is 76.3 Å². The number of nitrogens with one attached hydrogen (secondary N) is 1. The van der Waals surface area contributed by atoms with E-state index >= 15 is 0 Å². The number of hydrogen-bond acceptors (Lipinski definition) is 5. The topological polar surface area (TPSA) is 97.4 Å². The van der Waals surface area contributed by atoms with Gasteiger partial charge in [-0.1, -0.05) is 47.5 Å². The zero-order valence-electron chi connectivity index (χ0n) is 18.1. The van der Waals surface area contributed by atoms with Crippen LogP contribution in [0.15, 0.2) is 70.5 Å². The van der Waals surface area contributed by atoms with E-state index in [2.05, 4.69) is 5.32 Å². The van der Waals surface area contributed by atoms with Crippen molar-refractivity contribution in [3.63, 3.8) is 0 Å². The van der Waals surface area contributed by atoms with E-state index in [4.69, 9.17) is 23.2 Å². The SMILES string of the molecule is CS(=O)(=O)c1ccc(CC(=O)Nc2cc(Cl)c(-c3ccc(S(=O)(=O)C4CC4)cc3)c(Cl)c2)cc1. The van der Waals surface area contributed by atoms with E-state index in [-0.39, 0.29) is 27.4 Å². The minimum Gasteiger partial charge on any atom is -0.326 e. The smallest absolute Gasteiger partial charge is 0.228 e. The van der Waals surface area contributed by atoms with Crippen LogP contribution in [-0.4, -0.2) is 34.2 Å². The third kappa shape index (κ3) is 5.46. The molecule has 0 aliphatic heterocycles. The van der Waals surface area contributed by atoms with Gasteiger partial charge in [0.1, 0.15) is 0 Å². The summed E-state index contributed by atoms with van der Waals surface area (Å²) in [6, 6.07) is 15.7. The number of carbonyl (C=O) groups excluding carboxylic acids is 1. The van der Waals surface area contributed by atoms with Gasteiger partial charge in [0.05, 0.1) is 31.5 Å². The normalized spacial score (nSPS) is 14.1. The number of anilines is 1. The van der Waals surface area contributed by atoms with E-state index in [9.17, 15) is 21.6 Å². The van der Waals surface area contributed by atoms with Crippen LogP contribution < -0.4 is 5.32 Å². The van der Waals surface area contributed by atoms with Crippen LogP contribution in [0.25, 0.3) is 11.1 Å². The molecular formula is C24H21Cl2NO5S2. The van der Waals surface area contributed by atoms with E-state index < -0.39 is 19.7 Å². The molecule has 10 heteroatoms. The first-order chi connectivity index (χ1) is 15.9. The van der Waals surface area contributed by atoms with Gasteiger partial charge in [0.2, 0.25) is 5.91 Å². The van der Waals surface area contributed by atoms with Crippen LogP contribution in [0.5, 0.6) is 0 Å². The molecule has 0 atom stereocenters. The van der Waals surface area contributed by atoms with E-state index in [1.165, 1.54) is 12.1 Å². The molecule has 0 spiro atoms. The molecule has 0 unspecified atom stereocenters. The summed E-state index contributed by atoms with van der Waals surface area (Å²) in [5, 5.41) is 3.06. The summed E-state index contributed by atoms with van der Waals surface area (Å²) in [4.78, 5) is 12.9. The predicted octanol–water partition coefficient (Wildman–Crippen LogP) is 5.18. The molecule has 178 valence electrons. The Labute approximate surface area is 208 Å². The quantitative estimate of drug-likeness (QED) is 0.447. The first kappa shape index (κ1) is 24.7. The van der Waals surface area contributed by atoms with Crippen LogP contribution in [0.2, 0.25) is 10.0 Å². The third-order valence-corrected chi connectivity index (χ3v) is 9.48. The van der Waals surface area contributed by atoms with Crippen molar-refractivity contribution < 1.29 is 21.6 Å². The number of amides is 1. The summed E-state index contributed by atoms with van der Waals surface area (Å²) in [7, 11) is -6.59. The zero-order valence-corrected chi connectivity index (χ0v) is 21.2. The van der Waals surface area contributed by atoms with Gasteiger partial charge in [-0.05, 0) is 60.4 Å². The Hall–Kier alpha value is -2.39. The molecule has 1 aliphatic carbocycles. The van der Waals surface area contributed by atoms with Gasteiger partial charge in [-0.25, -0.2) is 16.8 Å². The van der Waals surface area contributed by atoms with Crippen molar-refractivity contribution in [1.29, 1.82) is 0 Å². The summed E-state index contributed by atoms with van der Waals surface area (Å²) in [6.45, 7) is 0. The highest BCUT2D eigenvalue weighted by Gasteiger charge is 2.36. The molecule has 1 amide bonds. The lowest BCUT2D eigenvalue weighted by Gasteiger charge is -2.12. The molecule has 1 N–H and O–H groups in total. The lowest BCUT2D eigenvalue weighted by atomic mass is 10.0. The maximum absolute atomic E-state index is 12.5. The molecular weight excluding hydrogens is 517 g/mol. The molecule has 0 heterocycles. The van der Waals surface area contributed by atoms with Gasteiger partial charge in [0.25, 0.3) is 0 Å². The maximum atomic E-state index is 12.5. The van der Waals surface area contributed by atoms with Gasteiger partial charge in [-0.3, -0.25) is 4.79 Å². The molecule has 34 heavy (non-hydrogen) atoms. The lowest BCUT2D eigenvalue weighted by Crippen LogP contribution is -2.14. The summed E-state index contributed by atoms with van der Waals surface area (Å²) in [6.07, 6.45) is 2.55. The number of sulfone groups is 2. The van der Waals surface area contributed by atoms with Crippen molar-refractivity contribution >= 4 is 54.5 Å². The molecule has 0 aromatic heterocycles. The number of hydrogen-bond donors (Lipinski definition) is 1. The molecule has 6 nitrogen and oxygen atoms in total. The molecule has 0 bridgehead atoms. The predicted molar refractivity (Wildman–Crippen MR) is 134 cm³/mol. The fraction of sp³-hybridized carbons (Fsp3) is 0.208. The molecule has 4 rings (SSSR count). The minimum atomic E-state index is -3.30. The largest absolute Gasteiger partial charge is 0.326 e. The van der Waals surface area contributed by atoms with Gasteiger partial charge in [0, 0.05) is 17.5 Å². The number of benzene rings is 3. The highest BCUT2D eigenvalue weighted by Crippen LogP contribution is 2.39. The first-order valence-corrected chi connectivity index (χ1v) is 14.6. The van der Waals surface area contributed by atoms with Gasteiger partial charge < -0.3 is 5.32 Å². The standard InChI is InChI=1S/C24H21Cl2NO5S2/c1-33(29,30)18-6-2-15(3-7-18)12-23(28)27-17-13-21(25)24(22(26)14-17)16-4-8-19(9-5-16)34(31,32)20-10-11-20/h2-9,13-14,20H,10-12H2,1H3,(H,27,28). The fourth-order valence-electron chi connectivity index (χ4n) is 3.55. The molecule has 1 aliphatic rings. The van der Waals surface area contributed by atoms with Gasteiger partial charge in [-0.15, -0.1) is 0 Å². The van der Waals surface area contributed by atoms with E-state index in [0.717, 1.165) is 6.26 Å². The Morgan fingerprint density at radius 1 is 0.882 bits per heavy atom. The molecule has 3 aromatic rings. The van der Waals surface area contributed by atoms with Crippen molar-refractivity contribution in [1.82, 2.24) is 0 Å². The Balaban J connectivity index is 1.48. The highest BCUT2D eigenvalue weighted by molar-refractivity contribution is 7.92. The maximum Gasteiger partial charge on any atom is 0.228 e. The Morgan fingerprint density at radius 3 is 1.91 bits per heavy atom. The zero-order chi connectivity index (χ0) is 24.7. The molecule has 1 saturated carbocycles. The van der Waals surface area contributed by atoms with Crippen LogP contribution >= 0.6 is 23.2 Å². The van der Waals surface area contributed by atoms with Crippen LogP contribution in [0, 0.1) is 0 Å². The molecule has 1 fully saturated rings. The third-order valence-electron chi connectivity index (χ3n) is 5.48. The van der Waals surface area contributed by atoms with E-state index in [1.807, 2.05) is 0 Å².